The standard InChI is InChI=1S/C31H38ClN3O6S/c1-6-22(3)33-31(37)27(7-2)34(20-23-13-15-24(32)16-14-23)30(36)21-35(42(38,39)26-11-9-8-10-12-26)25-17-18-28(40-4)29(19-25)41-5/h8-19,22,27H,6-7,20-21H2,1-5H3,(H,33,37)/t22-,27+/m1/s1. The van der Waals surface area contributed by atoms with Crippen molar-refractivity contribution in [3.63, 3.8) is 0 Å². The number of methoxy groups -OCH3 is 2. The number of ether oxygens (including phenoxy) is 2. The first-order valence-corrected chi connectivity index (χ1v) is 15.5. The van der Waals surface area contributed by atoms with Crippen molar-refractivity contribution in [2.75, 3.05) is 25.1 Å². The van der Waals surface area contributed by atoms with Gasteiger partial charge in [-0.15, -0.1) is 0 Å². The van der Waals surface area contributed by atoms with Gasteiger partial charge in [0.15, 0.2) is 11.5 Å². The van der Waals surface area contributed by atoms with Gasteiger partial charge in [0.2, 0.25) is 11.8 Å². The molecule has 0 radical (unpaired) electrons. The molecular weight excluding hydrogens is 578 g/mol. The highest BCUT2D eigenvalue weighted by molar-refractivity contribution is 7.92. The van der Waals surface area contributed by atoms with Gasteiger partial charge in [-0.3, -0.25) is 13.9 Å². The highest BCUT2D eigenvalue weighted by atomic mass is 35.5. The van der Waals surface area contributed by atoms with Crippen LogP contribution in [-0.2, 0) is 26.2 Å². The van der Waals surface area contributed by atoms with Crippen LogP contribution in [-0.4, -0.2) is 58.0 Å². The van der Waals surface area contributed by atoms with Gasteiger partial charge in [0.1, 0.15) is 12.6 Å². The number of carbonyl (C=O) groups excluding carboxylic acids is 2. The molecule has 0 aromatic heterocycles. The molecule has 3 rings (SSSR count). The van der Waals surface area contributed by atoms with Crippen molar-refractivity contribution in [1.82, 2.24) is 10.2 Å². The molecule has 2 amide bonds. The fourth-order valence-corrected chi connectivity index (χ4v) is 5.93. The van der Waals surface area contributed by atoms with Gasteiger partial charge in [0.25, 0.3) is 10.0 Å². The van der Waals surface area contributed by atoms with Gasteiger partial charge in [-0.25, -0.2) is 8.42 Å². The fraction of sp³-hybridized carbons (Fsp3) is 0.355. The largest absolute Gasteiger partial charge is 0.493 e. The molecule has 0 aliphatic heterocycles. The number of anilines is 1. The summed E-state index contributed by atoms with van der Waals surface area (Å²) in [4.78, 5) is 29.0. The zero-order valence-corrected chi connectivity index (χ0v) is 26.1. The number of carbonyl (C=O) groups is 2. The summed E-state index contributed by atoms with van der Waals surface area (Å²) in [5.74, 6) is -0.155. The first-order valence-electron chi connectivity index (χ1n) is 13.7. The summed E-state index contributed by atoms with van der Waals surface area (Å²) in [6.07, 6.45) is 1.04. The third-order valence-corrected chi connectivity index (χ3v) is 8.96. The second-order valence-corrected chi connectivity index (χ2v) is 12.1. The zero-order valence-electron chi connectivity index (χ0n) is 24.5. The maximum Gasteiger partial charge on any atom is 0.264 e. The Hall–Kier alpha value is -3.76. The van der Waals surface area contributed by atoms with E-state index in [1.165, 1.54) is 37.3 Å². The normalized spacial score (nSPS) is 12.6. The van der Waals surface area contributed by atoms with E-state index < -0.39 is 28.5 Å². The molecule has 2 atom stereocenters. The minimum absolute atomic E-state index is 0.0124. The Morgan fingerprint density at radius 3 is 2.12 bits per heavy atom. The lowest BCUT2D eigenvalue weighted by molar-refractivity contribution is -0.140. The van der Waals surface area contributed by atoms with E-state index in [2.05, 4.69) is 5.32 Å². The number of nitrogens with zero attached hydrogens (tertiary/aromatic N) is 2. The molecule has 3 aromatic rings. The van der Waals surface area contributed by atoms with Gasteiger partial charge in [0, 0.05) is 23.7 Å². The molecule has 42 heavy (non-hydrogen) atoms. The predicted octanol–water partition coefficient (Wildman–Crippen LogP) is 5.27. The van der Waals surface area contributed by atoms with Gasteiger partial charge in [0.05, 0.1) is 24.8 Å². The van der Waals surface area contributed by atoms with E-state index in [-0.39, 0.29) is 29.1 Å². The van der Waals surface area contributed by atoms with Gasteiger partial charge in [-0.05, 0) is 61.7 Å². The Morgan fingerprint density at radius 2 is 1.55 bits per heavy atom. The van der Waals surface area contributed by atoms with E-state index in [1.807, 2.05) is 20.8 Å². The minimum Gasteiger partial charge on any atom is -0.493 e. The lowest BCUT2D eigenvalue weighted by atomic mass is 10.1. The molecule has 3 aromatic carbocycles. The van der Waals surface area contributed by atoms with Crippen LogP contribution in [0.15, 0.2) is 77.7 Å². The third kappa shape index (κ3) is 7.95. The van der Waals surface area contributed by atoms with Crippen molar-refractivity contribution in [3.05, 3.63) is 83.4 Å². The predicted molar refractivity (Wildman–Crippen MR) is 164 cm³/mol. The molecule has 226 valence electrons. The van der Waals surface area contributed by atoms with Crippen LogP contribution in [0.1, 0.15) is 39.2 Å². The van der Waals surface area contributed by atoms with Crippen molar-refractivity contribution >= 4 is 39.1 Å². The summed E-state index contributed by atoms with van der Waals surface area (Å²) in [6.45, 7) is 5.18. The van der Waals surface area contributed by atoms with E-state index in [9.17, 15) is 18.0 Å². The Morgan fingerprint density at radius 1 is 0.905 bits per heavy atom. The van der Waals surface area contributed by atoms with Crippen LogP contribution in [0, 0.1) is 0 Å². The van der Waals surface area contributed by atoms with Crippen molar-refractivity contribution in [2.45, 2.75) is 57.1 Å². The van der Waals surface area contributed by atoms with Gasteiger partial charge in [-0.1, -0.05) is 55.8 Å². The molecule has 0 spiro atoms. The Kier molecular flexibility index (Phi) is 11.6. The molecule has 0 bridgehead atoms. The molecule has 9 nitrogen and oxygen atoms in total. The van der Waals surface area contributed by atoms with Crippen molar-refractivity contribution < 1.29 is 27.5 Å². The van der Waals surface area contributed by atoms with E-state index in [4.69, 9.17) is 21.1 Å². The third-order valence-electron chi connectivity index (χ3n) is 6.92. The maximum atomic E-state index is 14.2. The summed E-state index contributed by atoms with van der Waals surface area (Å²) >= 11 is 6.08. The van der Waals surface area contributed by atoms with Crippen molar-refractivity contribution in [3.8, 4) is 11.5 Å². The van der Waals surface area contributed by atoms with Gasteiger partial charge >= 0.3 is 0 Å². The van der Waals surface area contributed by atoms with Crippen LogP contribution in [0.2, 0.25) is 5.02 Å². The van der Waals surface area contributed by atoms with Crippen molar-refractivity contribution in [1.29, 1.82) is 0 Å². The number of nitrogens with one attached hydrogen (secondary N) is 1. The number of benzene rings is 3. The summed E-state index contributed by atoms with van der Waals surface area (Å²) in [5, 5.41) is 3.50. The molecular formula is C31H38ClN3O6S. The Bertz CT molecular complexity index is 1450. The summed E-state index contributed by atoms with van der Waals surface area (Å²) in [6, 6.07) is 18.5. The van der Waals surface area contributed by atoms with Crippen molar-refractivity contribution in [2.24, 2.45) is 0 Å². The van der Waals surface area contributed by atoms with E-state index in [1.54, 1.807) is 54.6 Å². The second kappa shape index (κ2) is 14.9. The quantitative estimate of drug-likeness (QED) is 0.265. The summed E-state index contributed by atoms with van der Waals surface area (Å²) < 4.78 is 39.7. The number of rotatable bonds is 14. The molecule has 11 heteroatoms. The molecule has 0 unspecified atom stereocenters. The smallest absolute Gasteiger partial charge is 0.264 e. The average Bonchev–Trinajstić information content (AvgIpc) is 3.00. The summed E-state index contributed by atoms with van der Waals surface area (Å²) in [7, 11) is -1.29. The van der Waals surface area contributed by atoms with Crippen LogP contribution < -0.4 is 19.1 Å². The van der Waals surface area contributed by atoms with E-state index >= 15 is 0 Å². The van der Waals surface area contributed by atoms with E-state index in [0.29, 0.717) is 22.9 Å². The van der Waals surface area contributed by atoms with Crippen LogP contribution in [0.25, 0.3) is 0 Å². The molecule has 0 saturated carbocycles. The molecule has 0 aliphatic carbocycles. The number of halogens is 1. The SMILES string of the molecule is CC[C@@H](C)NC(=O)[C@H](CC)N(Cc1ccc(Cl)cc1)C(=O)CN(c1ccc(OC)c(OC)c1)S(=O)(=O)c1ccccc1. The first kappa shape index (κ1) is 32.8. The number of amides is 2. The lowest BCUT2D eigenvalue weighted by Crippen LogP contribution is -2.53. The molecule has 0 fully saturated rings. The highest BCUT2D eigenvalue weighted by Gasteiger charge is 2.34. The number of sulfonamides is 1. The van der Waals surface area contributed by atoms with E-state index in [0.717, 1.165) is 16.3 Å². The minimum atomic E-state index is -4.21. The lowest BCUT2D eigenvalue weighted by Gasteiger charge is -2.33. The van der Waals surface area contributed by atoms with Crippen LogP contribution >= 0.6 is 11.6 Å². The maximum absolute atomic E-state index is 14.2. The zero-order chi connectivity index (χ0) is 30.9. The molecule has 0 aliphatic rings. The number of hydrogen-bond donors (Lipinski definition) is 1. The second-order valence-electron chi connectivity index (χ2n) is 9.75. The fourth-order valence-electron chi connectivity index (χ4n) is 4.38. The topological polar surface area (TPSA) is 105 Å². The highest BCUT2D eigenvalue weighted by Crippen LogP contribution is 2.34. The Labute approximate surface area is 253 Å². The van der Waals surface area contributed by atoms with Gasteiger partial charge in [-0.2, -0.15) is 0 Å². The summed E-state index contributed by atoms with van der Waals surface area (Å²) in [5.41, 5.74) is 0.944. The van der Waals surface area contributed by atoms with Crippen LogP contribution in [0.3, 0.4) is 0 Å². The van der Waals surface area contributed by atoms with Crippen LogP contribution in [0.4, 0.5) is 5.69 Å². The average molecular weight is 616 g/mol. The Balaban J connectivity index is 2.10. The molecule has 0 heterocycles. The molecule has 1 N–H and O–H groups in total. The van der Waals surface area contributed by atoms with Crippen LogP contribution in [0.5, 0.6) is 11.5 Å². The molecule has 0 saturated heterocycles. The monoisotopic (exact) mass is 615 g/mol. The number of hydrogen-bond acceptors (Lipinski definition) is 6. The van der Waals surface area contributed by atoms with Gasteiger partial charge < -0.3 is 19.7 Å². The first-order chi connectivity index (χ1) is 20.0.